The number of benzene rings is 4. The van der Waals surface area contributed by atoms with Gasteiger partial charge in [-0.1, -0.05) is 47.5 Å². The molecular weight excluding hydrogens is 1180 g/mol. The highest BCUT2D eigenvalue weighted by atomic mass is 35.5. The van der Waals surface area contributed by atoms with Crippen molar-refractivity contribution in [3.63, 3.8) is 0 Å². The minimum Gasteiger partial charge on any atom is -0.475 e. The number of anilines is 2. The number of aromatic nitrogens is 4. The molecule has 5 atom stereocenters. The van der Waals surface area contributed by atoms with Gasteiger partial charge in [0.05, 0.1) is 68.5 Å². The van der Waals surface area contributed by atoms with Gasteiger partial charge in [-0.25, -0.2) is 35.2 Å². The number of amides is 4. The molecule has 4 aliphatic heterocycles. The number of hydrogen-bond donors (Lipinski definition) is 3. The van der Waals surface area contributed by atoms with Gasteiger partial charge in [0.25, 0.3) is 11.8 Å². The van der Waals surface area contributed by atoms with Crippen molar-refractivity contribution in [1.82, 2.24) is 30.2 Å². The smallest absolute Gasteiger partial charge is 0.475 e. The molecule has 11 rings (SSSR count). The number of piperidine rings is 1. The monoisotopic (exact) mass is 1220 g/mol. The standard InChI is InChI=1S/C48H42Cl2F2N10O11S2.C2HF3O2/c1-23(63)60-19-27-14-48(27,22-60)46-58-57-43(73-46)31-11-36-38(13-33(31)52)75(69,70)39(40(54)45(65)62(36)16-25-4-8-29(50)9-5-25)20-71-47(66)59-17-26(18-59)41-55-56-42(72-41)30-10-35-37(12-32(30)51)74(67,68)21-34(53)44(64)61(35)15-24-2-6-28(49)7-3-24;3-2(4,5)1(6)7/h2-13,26-27,34,39-40H,14-22,53-54H2,1H3;(H,6,7)/t27?,34-,39?,40-,48?;/m0./s1. The van der Waals surface area contributed by atoms with Gasteiger partial charge in [0.2, 0.25) is 29.5 Å². The number of carbonyl (C=O) groups excluding carboxylic acids is 4. The summed E-state index contributed by atoms with van der Waals surface area (Å²) < 4.78 is 137. The highest BCUT2D eigenvalue weighted by Gasteiger charge is 2.65. The summed E-state index contributed by atoms with van der Waals surface area (Å²) in [6.45, 7) is 0.793. The second-order valence-corrected chi connectivity index (χ2v) is 25.0. The van der Waals surface area contributed by atoms with E-state index < -0.39 is 112 Å². The van der Waals surface area contributed by atoms with E-state index >= 15 is 8.78 Å². The SMILES string of the molecule is CC(=O)N1CC2CC2(c2nnc(-c3cc4c(cc3F)S(=O)(=O)C(COC(=O)N3CC(c5nnc(-c6cc7c(cc6F)S(=O)(=O)C[C@H](N)C(=O)N7Cc6ccc(Cl)cc6)o5)C3)[C@H](N)C(=O)N4Cc3ccc(Cl)cc3)o2)C1.O=C(O)C(F)(F)F. The Balaban J connectivity index is 0.00000101. The minimum absolute atomic E-state index is 0.0452. The lowest BCUT2D eigenvalue weighted by atomic mass is 10.0. The predicted molar refractivity (Wildman–Crippen MR) is 275 cm³/mol. The van der Waals surface area contributed by atoms with E-state index in [1.807, 2.05) is 0 Å². The quantitative estimate of drug-likeness (QED) is 0.152. The molecule has 4 aromatic carbocycles. The number of aliphatic carboxylic acids is 1. The fourth-order valence-electron chi connectivity index (χ4n) is 10.0. The second-order valence-electron chi connectivity index (χ2n) is 20.0. The van der Waals surface area contributed by atoms with Crippen LogP contribution in [-0.4, -0.2) is 144 Å². The van der Waals surface area contributed by atoms with Gasteiger partial charge in [-0.2, -0.15) is 13.2 Å². The van der Waals surface area contributed by atoms with E-state index in [1.165, 1.54) is 11.8 Å². The lowest BCUT2D eigenvalue weighted by Crippen LogP contribution is -2.53. The molecule has 0 radical (unpaired) electrons. The average molecular weight is 1220 g/mol. The Morgan fingerprint density at radius 2 is 1.29 bits per heavy atom. The first-order valence-corrected chi connectivity index (χ1v) is 28.4. The maximum Gasteiger partial charge on any atom is 0.490 e. The number of carboxylic acids is 1. The van der Waals surface area contributed by atoms with Gasteiger partial charge in [0.15, 0.2) is 19.7 Å². The zero-order valence-corrected chi connectivity index (χ0v) is 45.4. The van der Waals surface area contributed by atoms with Crippen LogP contribution in [0.25, 0.3) is 22.9 Å². The lowest BCUT2D eigenvalue weighted by molar-refractivity contribution is -0.192. The molecule has 32 heteroatoms. The maximum absolute atomic E-state index is 16.4. The summed E-state index contributed by atoms with van der Waals surface area (Å²) in [5, 5.41) is 22.3. The fourth-order valence-corrected chi connectivity index (χ4v) is 13.7. The van der Waals surface area contributed by atoms with Crippen molar-refractivity contribution in [2.24, 2.45) is 17.4 Å². The normalized spacial score (nSPS) is 22.7. The van der Waals surface area contributed by atoms with Crippen LogP contribution >= 0.6 is 23.2 Å². The number of halogens is 7. The van der Waals surface area contributed by atoms with Crippen LogP contribution in [0.5, 0.6) is 0 Å². The van der Waals surface area contributed by atoms with E-state index in [1.54, 1.807) is 53.4 Å². The van der Waals surface area contributed by atoms with E-state index in [0.717, 1.165) is 34.1 Å². The molecule has 0 spiro atoms. The van der Waals surface area contributed by atoms with Crippen molar-refractivity contribution in [2.75, 3.05) is 48.3 Å². The van der Waals surface area contributed by atoms with Gasteiger partial charge in [0, 0.05) is 43.1 Å². The molecule has 5 aliphatic rings. The number of carboxylic acid groups (broad SMARTS) is 1. The number of likely N-dealkylation sites (tertiary alicyclic amines) is 2. The van der Waals surface area contributed by atoms with E-state index in [9.17, 15) is 49.2 Å². The molecule has 5 N–H and O–H groups in total. The van der Waals surface area contributed by atoms with Crippen LogP contribution in [0.15, 0.2) is 91.4 Å². The lowest BCUT2D eigenvalue weighted by Gasteiger charge is -2.36. The Kier molecular flexibility index (Phi) is 14.9. The number of rotatable bonds is 10. The number of alkyl halides is 3. The van der Waals surface area contributed by atoms with Gasteiger partial charge < -0.3 is 49.7 Å². The summed E-state index contributed by atoms with van der Waals surface area (Å²) in [4.78, 5) is 66.4. The number of fused-ring (bicyclic) bond motifs is 3. The number of hydrogen-bond acceptors (Lipinski definition) is 18. The molecule has 2 aromatic heterocycles. The zero-order valence-electron chi connectivity index (χ0n) is 42.2. The minimum atomic E-state index is -5.08. The van der Waals surface area contributed by atoms with Crippen molar-refractivity contribution in [3.8, 4) is 22.9 Å². The Morgan fingerprint density at radius 1 is 0.768 bits per heavy atom. The third-order valence-electron chi connectivity index (χ3n) is 14.6. The highest BCUT2D eigenvalue weighted by Crippen LogP contribution is 2.59. The van der Waals surface area contributed by atoms with Crippen LogP contribution < -0.4 is 21.3 Å². The first-order valence-electron chi connectivity index (χ1n) is 24.5. The van der Waals surface area contributed by atoms with Crippen molar-refractivity contribution < 1.29 is 81.4 Å². The Morgan fingerprint density at radius 3 is 1.84 bits per heavy atom. The van der Waals surface area contributed by atoms with Crippen molar-refractivity contribution in [1.29, 1.82) is 0 Å². The van der Waals surface area contributed by atoms with Gasteiger partial charge >= 0.3 is 18.2 Å². The van der Waals surface area contributed by atoms with E-state index in [-0.39, 0.29) is 84.1 Å². The van der Waals surface area contributed by atoms with E-state index in [4.69, 9.17) is 58.1 Å². The first-order chi connectivity index (χ1) is 38.6. The summed E-state index contributed by atoms with van der Waals surface area (Å²) in [5.74, 6) is -8.47. The Labute approximate surface area is 470 Å². The molecule has 0 bridgehead atoms. The van der Waals surface area contributed by atoms with Crippen LogP contribution in [0.2, 0.25) is 10.0 Å². The van der Waals surface area contributed by atoms with Crippen LogP contribution in [-0.2, 0) is 62.1 Å². The third kappa shape index (κ3) is 10.8. The number of nitrogens with two attached hydrogens (primary N) is 2. The van der Waals surface area contributed by atoms with Crippen LogP contribution in [0, 0.1) is 17.6 Å². The molecule has 6 aromatic rings. The molecule has 3 unspecified atom stereocenters. The summed E-state index contributed by atoms with van der Waals surface area (Å²) >= 11 is 12.2. The maximum atomic E-state index is 16.4. The summed E-state index contributed by atoms with van der Waals surface area (Å²) in [6, 6.07) is 13.2. The molecular formula is C50H43Cl2F5N10O13S2. The molecule has 2 saturated heterocycles. The second kappa shape index (κ2) is 21.3. The molecule has 4 amide bonds. The Hall–Kier alpha value is -7.64. The zero-order chi connectivity index (χ0) is 59.1. The molecule has 1 saturated carbocycles. The van der Waals surface area contributed by atoms with Gasteiger partial charge in [-0.05, 0) is 72.0 Å². The van der Waals surface area contributed by atoms with Crippen molar-refractivity contribution in [3.05, 3.63) is 117 Å². The van der Waals surface area contributed by atoms with Crippen molar-refractivity contribution >= 4 is 84.0 Å². The largest absolute Gasteiger partial charge is 0.490 e. The number of ether oxygens (including phenoxy) is 1. The van der Waals surface area contributed by atoms with Crippen LogP contribution in [0.3, 0.4) is 0 Å². The van der Waals surface area contributed by atoms with Gasteiger partial charge in [0.1, 0.15) is 29.5 Å². The molecule has 3 fully saturated rings. The van der Waals surface area contributed by atoms with Crippen molar-refractivity contribution in [2.45, 2.75) is 71.1 Å². The predicted octanol–water partition coefficient (Wildman–Crippen LogP) is 5.02. The fraction of sp³-hybridized carbons (Fsp3) is 0.340. The van der Waals surface area contributed by atoms with Gasteiger partial charge in [-0.15, -0.1) is 20.4 Å². The number of carbonyl (C=O) groups is 5. The van der Waals surface area contributed by atoms with E-state index in [0.29, 0.717) is 40.7 Å². The molecule has 23 nitrogen and oxygen atoms in total. The third-order valence-corrected chi connectivity index (χ3v) is 19.1. The summed E-state index contributed by atoms with van der Waals surface area (Å²) in [6.07, 6.45) is -5.41. The molecule has 6 heterocycles. The molecule has 1 aliphatic carbocycles. The Bertz CT molecular complexity index is 3830. The van der Waals surface area contributed by atoms with E-state index in [2.05, 4.69) is 20.4 Å². The van der Waals surface area contributed by atoms with Crippen LogP contribution in [0.4, 0.5) is 38.1 Å². The topological polar surface area (TPSA) is 326 Å². The first kappa shape index (κ1) is 57.6. The average Bonchev–Trinajstić information content (AvgIpc) is 1.80. The summed E-state index contributed by atoms with van der Waals surface area (Å²) in [5.41, 5.74) is 11.9. The summed E-state index contributed by atoms with van der Waals surface area (Å²) in [7, 11) is -9.05. The molecule has 82 heavy (non-hydrogen) atoms. The van der Waals surface area contributed by atoms with Gasteiger partial charge in [-0.3, -0.25) is 14.4 Å². The highest BCUT2D eigenvalue weighted by molar-refractivity contribution is 7.92. The number of sulfone groups is 2. The number of nitrogens with zero attached hydrogens (tertiary/aromatic N) is 8. The molecule has 432 valence electrons. The van der Waals surface area contributed by atoms with Crippen LogP contribution in [0.1, 0.15) is 42.2 Å².